The molecule has 3 aromatic carbocycles. The SMILES string of the molecule is CCCCC(CC)Cc1cc(-c2ccc(-c3cc(CC(CC)CCCC)c(Br)s3)c3nc(-c4cccc(F)c4)c(-c4cccc(F)c4)nc23)sc1Br. The van der Waals surface area contributed by atoms with Gasteiger partial charge in [0.05, 0.1) is 30.0 Å². The summed E-state index contributed by atoms with van der Waals surface area (Å²) >= 11 is 11.3. The summed E-state index contributed by atoms with van der Waals surface area (Å²) in [5.41, 5.74) is 8.32. The fourth-order valence-corrected chi connectivity index (χ4v) is 10.6. The number of thiophene rings is 2. The van der Waals surface area contributed by atoms with Gasteiger partial charge in [-0.05, 0) is 104 Å². The Morgan fingerprint density at radius 1 is 0.596 bits per heavy atom. The number of hydrogen-bond acceptors (Lipinski definition) is 4. The van der Waals surface area contributed by atoms with E-state index in [1.807, 2.05) is 12.1 Å². The van der Waals surface area contributed by atoms with Gasteiger partial charge in [-0.2, -0.15) is 0 Å². The zero-order chi connectivity index (χ0) is 36.8. The summed E-state index contributed by atoms with van der Waals surface area (Å²) in [4.78, 5) is 13.0. The third-order valence-corrected chi connectivity index (χ3v) is 14.2. The van der Waals surface area contributed by atoms with Gasteiger partial charge in [-0.1, -0.05) is 115 Å². The lowest BCUT2D eigenvalue weighted by Gasteiger charge is -2.15. The van der Waals surface area contributed by atoms with Crippen LogP contribution in [0.3, 0.4) is 0 Å². The number of halogens is 4. The molecule has 0 saturated carbocycles. The molecule has 0 N–H and O–H groups in total. The normalized spacial score (nSPS) is 12.8. The van der Waals surface area contributed by atoms with Gasteiger partial charge in [0.15, 0.2) is 0 Å². The van der Waals surface area contributed by atoms with Gasteiger partial charge in [0.1, 0.15) is 11.6 Å². The van der Waals surface area contributed by atoms with Gasteiger partial charge in [0.2, 0.25) is 0 Å². The van der Waals surface area contributed by atoms with Gasteiger partial charge in [-0.25, -0.2) is 18.7 Å². The molecular formula is C44H46Br2F2N2S2. The molecule has 0 radical (unpaired) electrons. The molecule has 0 spiro atoms. The third kappa shape index (κ3) is 8.94. The van der Waals surface area contributed by atoms with Gasteiger partial charge in [0.25, 0.3) is 0 Å². The molecule has 52 heavy (non-hydrogen) atoms. The van der Waals surface area contributed by atoms with Crippen LogP contribution in [0.1, 0.15) is 90.2 Å². The molecule has 272 valence electrons. The number of unbranched alkanes of at least 4 members (excludes halogenated alkanes) is 2. The average molecular weight is 865 g/mol. The molecule has 0 aliphatic carbocycles. The topological polar surface area (TPSA) is 25.8 Å². The molecular weight excluding hydrogens is 818 g/mol. The first kappa shape index (κ1) is 38.9. The van der Waals surface area contributed by atoms with Crippen LogP contribution in [-0.4, -0.2) is 9.97 Å². The van der Waals surface area contributed by atoms with Crippen LogP contribution in [0.15, 0.2) is 80.4 Å². The van der Waals surface area contributed by atoms with Gasteiger partial charge in [-0.15, -0.1) is 22.7 Å². The maximum atomic E-state index is 14.8. The van der Waals surface area contributed by atoms with Crippen LogP contribution < -0.4 is 0 Å². The Labute approximate surface area is 332 Å². The third-order valence-electron chi connectivity index (χ3n) is 10.2. The highest BCUT2D eigenvalue weighted by Crippen LogP contribution is 2.45. The van der Waals surface area contributed by atoms with E-state index in [9.17, 15) is 8.78 Å². The predicted molar refractivity (Wildman–Crippen MR) is 226 cm³/mol. The maximum absolute atomic E-state index is 14.8. The van der Waals surface area contributed by atoms with Crippen molar-refractivity contribution >= 4 is 65.6 Å². The maximum Gasteiger partial charge on any atom is 0.123 e. The van der Waals surface area contributed by atoms with Gasteiger partial charge >= 0.3 is 0 Å². The molecule has 2 nitrogen and oxygen atoms in total. The van der Waals surface area contributed by atoms with Crippen molar-refractivity contribution in [1.29, 1.82) is 0 Å². The molecule has 0 saturated heterocycles. The quantitative estimate of drug-likeness (QED) is 0.0969. The number of benzene rings is 3. The summed E-state index contributed by atoms with van der Waals surface area (Å²) < 4.78 is 31.8. The Kier molecular flexibility index (Phi) is 13.5. The number of fused-ring (bicyclic) bond motifs is 1. The number of rotatable bonds is 16. The van der Waals surface area contributed by atoms with E-state index in [1.165, 1.54) is 73.9 Å². The smallest absolute Gasteiger partial charge is 0.123 e. The van der Waals surface area contributed by atoms with E-state index in [-0.39, 0.29) is 11.6 Å². The second kappa shape index (κ2) is 18.0. The molecule has 0 amide bonds. The van der Waals surface area contributed by atoms with Crippen LogP contribution in [0.4, 0.5) is 8.78 Å². The summed E-state index contributed by atoms with van der Waals surface area (Å²) in [6.45, 7) is 9.08. The average Bonchev–Trinajstić information content (AvgIpc) is 3.70. The Balaban J connectivity index is 1.57. The number of nitrogens with zero attached hydrogens (tertiary/aromatic N) is 2. The molecule has 0 fully saturated rings. The summed E-state index contributed by atoms with van der Waals surface area (Å²) in [5, 5.41) is 0. The minimum atomic E-state index is -0.362. The van der Waals surface area contributed by atoms with Gasteiger partial charge in [0, 0.05) is 32.0 Å². The van der Waals surface area contributed by atoms with E-state index in [1.54, 1.807) is 34.8 Å². The van der Waals surface area contributed by atoms with E-state index < -0.39 is 0 Å². The fraction of sp³-hybridized carbons (Fsp3) is 0.364. The minimum Gasteiger partial charge on any atom is -0.243 e. The minimum absolute atomic E-state index is 0.362. The van der Waals surface area contributed by atoms with Gasteiger partial charge < -0.3 is 0 Å². The molecule has 6 rings (SSSR count). The molecule has 0 bridgehead atoms. The second-order valence-corrected chi connectivity index (χ2v) is 18.6. The van der Waals surface area contributed by atoms with Crippen molar-refractivity contribution in [3.63, 3.8) is 0 Å². The lowest BCUT2D eigenvalue weighted by Crippen LogP contribution is -2.03. The van der Waals surface area contributed by atoms with E-state index >= 15 is 0 Å². The van der Waals surface area contributed by atoms with Crippen LogP contribution in [0, 0.1) is 23.5 Å². The summed E-state index contributed by atoms with van der Waals surface area (Å²) in [6.07, 6.45) is 11.7. The molecule has 6 aromatic rings. The van der Waals surface area contributed by atoms with Crippen LogP contribution in [0.5, 0.6) is 0 Å². The summed E-state index contributed by atoms with van der Waals surface area (Å²) in [6, 6.07) is 21.8. The highest BCUT2D eigenvalue weighted by Gasteiger charge is 2.23. The van der Waals surface area contributed by atoms with E-state index in [0.29, 0.717) is 34.4 Å². The standard InChI is InChI=1S/C44H46Br2F2N2S2/c1-5-9-13-27(7-3)21-31-25-37(51-43(31)45)35-19-20-36(38-26-32(44(46)52-38)22-28(8-4)14-10-6-2)42-41(35)49-39(29-15-11-17-33(47)23-29)40(50-42)30-16-12-18-34(48)24-30/h11-12,15-20,23-28H,5-10,13-14,21-22H2,1-4H3. The van der Waals surface area contributed by atoms with E-state index in [2.05, 4.69) is 83.8 Å². The zero-order valence-corrected chi connectivity index (χ0v) is 35.2. The molecule has 0 aliphatic heterocycles. The van der Waals surface area contributed by atoms with Crippen LogP contribution in [0.2, 0.25) is 0 Å². The van der Waals surface area contributed by atoms with Crippen LogP contribution in [-0.2, 0) is 12.8 Å². The predicted octanol–water partition coefficient (Wildman–Crippen LogP) is 15.7. The van der Waals surface area contributed by atoms with E-state index in [4.69, 9.17) is 9.97 Å². The molecule has 2 atom stereocenters. The Hall–Kier alpha value is -2.78. The number of hydrogen-bond donors (Lipinski definition) is 0. The van der Waals surface area contributed by atoms with Crippen molar-refractivity contribution in [3.8, 4) is 43.4 Å². The van der Waals surface area contributed by atoms with Crippen molar-refractivity contribution in [3.05, 3.63) is 103 Å². The summed E-state index contributed by atoms with van der Waals surface area (Å²) in [7, 11) is 0. The first-order chi connectivity index (χ1) is 25.2. The van der Waals surface area contributed by atoms with E-state index in [0.717, 1.165) is 65.2 Å². The Bertz CT molecular complexity index is 1990. The molecule has 3 heterocycles. The Morgan fingerprint density at radius 3 is 1.38 bits per heavy atom. The van der Waals surface area contributed by atoms with Gasteiger partial charge in [-0.3, -0.25) is 0 Å². The monoisotopic (exact) mass is 862 g/mol. The first-order valence-electron chi connectivity index (χ1n) is 18.7. The van der Waals surface area contributed by atoms with Crippen LogP contribution >= 0.6 is 54.5 Å². The molecule has 2 unspecified atom stereocenters. The molecule has 3 aromatic heterocycles. The summed E-state index contributed by atoms with van der Waals surface area (Å²) in [5.74, 6) is 0.539. The van der Waals surface area contributed by atoms with Crippen LogP contribution in [0.25, 0.3) is 54.4 Å². The first-order valence-corrected chi connectivity index (χ1v) is 21.9. The van der Waals surface area contributed by atoms with Crippen molar-refractivity contribution in [2.24, 2.45) is 11.8 Å². The number of aromatic nitrogens is 2. The Morgan fingerprint density at radius 2 is 1.02 bits per heavy atom. The molecule has 8 heteroatoms. The molecule has 0 aliphatic rings. The van der Waals surface area contributed by atoms with Crippen molar-refractivity contribution in [1.82, 2.24) is 9.97 Å². The fourth-order valence-electron chi connectivity index (χ4n) is 7.07. The lowest BCUT2D eigenvalue weighted by atomic mass is 9.92. The zero-order valence-electron chi connectivity index (χ0n) is 30.4. The highest BCUT2D eigenvalue weighted by molar-refractivity contribution is 9.11. The van der Waals surface area contributed by atoms with Crippen molar-refractivity contribution in [2.45, 2.75) is 91.9 Å². The van der Waals surface area contributed by atoms with Crippen molar-refractivity contribution in [2.75, 3.05) is 0 Å². The second-order valence-electron chi connectivity index (χ2n) is 13.9. The lowest BCUT2D eigenvalue weighted by molar-refractivity contribution is 0.449. The largest absolute Gasteiger partial charge is 0.243 e. The van der Waals surface area contributed by atoms with Crippen molar-refractivity contribution < 1.29 is 8.78 Å². The highest BCUT2D eigenvalue weighted by atomic mass is 79.9.